The highest BCUT2D eigenvalue weighted by Gasteiger charge is 2.32. The number of nitrogens with zero attached hydrogens (tertiary/aromatic N) is 2. The SMILES string of the molecule is Cc1ccc(CN2C(=O)C(=Cc3ccc(-c4ccc(C#N)cc4)o3)SC2=S)cc1. The third kappa shape index (κ3) is 4.16. The third-order valence-corrected chi connectivity index (χ3v) is 5.91. The fourth-order valence-electron chi connectivity index (χ4n) is 2.94. The molecule has 142 valence electrons. The number of nitriles is 1. The first-order valence-corrected chi connectivity index (χ1v) is 10.2. The number of carbonyl (C=O) groups is 1. The zero-order valence-corrected chi connectivity index (χ0v) is 17.2. The number of carbonyl (C=O) groups excluding carboxylic acids is 1. The van der Waals surface area contributed by atoms with Crippen molar-refractivity contribution in [3.63, 3.8) is 0 Å². The summed E-state index contributed by atoms with van der Waals surface area (Å²) >= 11 is 6.69. The first-order chi connectivity index (χ1) is 14.0. The molecule has 1 amide bonds. The highest BCUT2D eigenvalue weighted by Crippen LogP contribution is 2.34. The molecular weight excluding hydrogens is 400 g/mol. The molecule has 0 atom stereocenters. The van der Waals surface area contributed by atoms with Gasteiger partial charge in [0.25, 0.3) is 5.91 Å². The van der Waals surface area contributed by atoms with E-state index in [1.807, 2.05) is 55.5 Å². The van der Waals surface area contributed by atoms with Crippen molar-refractivity contribution in [2.24, 2.45) is 0 Å². The van der Waals surface area contributed by atoms with E-state index in [-0.39, 0.29) is 5.91 Å². The van der Waals surface area contributed by atoms with Gasteiger partial charge in [0.15, 0.2) is 0 Å². The van der Waals surface area contributed by atoms with Crippen molar-refractivity contribution in [1.29, 1.82) is 5.26 Å². The van der Waals surface area contributed by atoms with Gasteiger partial charge in [-0.3, -0.25) is 9.69 Å². The average molecular weight is 417 g/mol. The number of rotatable bonds is 4. The lowest BCUT2D eigenvalue weighted by molar-refractivity contribution is -0.122. The second-order valence-corrected chi connectivity index (χ2v) is 8.32. The summed E-state index contributed by atoms with van der Waals surface area (Å²) in [5.41, 5.74) is 3.68. The summed E-state index contributed by atoms with van der Waals surface area (Å²) in [6.07, 6.45) is 1.72. The van der Waals surface area contributed by atoms with Crippen molar-refractivity contribution in [2.75, 3.05) is 0 Å². The molecule has 0 radical (unpaired) electrons. The van der Waals surface area contributed by atoms with Crippen LogP contribution in [0.3, 0.4) is 0 Å². The van der Waals surface area contributed by atoms with Crippen molar-refractivity contribution < 1.29 is 9.21 Å². The van der Waals surface area contributed by atoms with Crippen LogP contribution < -0.4 is 0 Å². The van der Waals surface area contributed by atoms with Crippen molar-refractivity contribution in [3.8, 4) is 17.4 Å². The molecule has 0 unspecified atom stereocenters. The van der Waals surface area contributed by atoms with E-state index < -0.39 is 0 Å². The van der Waals surface area contributed by atoms with Gasteiger partial charge in [0.2, 0.25) is 0 Å². The van der Waals surface area contributed by atoms with Crippen LogP contribution in [0.1, 0.15) is 22.5 Å². The second-order valence-electron chi connectivity index (χ2n) is 6.64. The second kappa shape index (κ2) is 8.08. The van der Waals surface area contributed by atoms with Crippen LogP contribution in [0.2, 0.25) is 0 Å². The van der Waals surface area contributed by atoms with E-state index in [4.69, 9.17) is 21.9 Å². The lowest BCUT2D eigenvalue weighted by Gasteiger charge is -2.14. The largest absolute Gasteiger partial charge is 0.457 e. The fourth-order valence-corrected chi connectivity index (χ4v) is 4.17. The zero-order chi connectivity index (χ0) is 20.4. The van der Waals surface area contributed by atoms with Gasteiger partial charge in [0, 0.05) is 11.6 Å². The van der Waals surface area contributed by atoms with Crippen LogP contribution in [-0.2, 0) is 11.3 Å². The Bertz CT molecular complexity index is 1150. The first-order valence-electron chi connectivity index (χ1n) is 8.95. The van der Waals surface area contributed by atoms with Crippen LogP contribution in [0.15, 0.2) is 70.0 Å². The number of aryl methyl sites for hydroxylation is 1. The van der Waals surface area contributed by atoms with E-state index in [1.165, 1.54) is 17.3 Å². The van der Waals surface area contributed by atoms with Gasteiger partial charge >= 0.3 is 0 Å². The van der Waals surface area contributed by atoms with Gasteiger partial charge in [-0.1, -0.05) is 53.8 Å². The number of amides is 1. The minimum Gasteiger partial charge on any atom is -0.457 e. The van der Waals surface area contributed by atoms with Gasteiger partial charge in [0.05, 0.1) is 23.1 Å². The van der Waals surface area contributed by atoms with Crippen molar-refractivity contribution >= 4 is 40.3 Å². The molecule has 4 rings (SSSR count). The molecule has 2 aromatic carbocycles. The van der Waals surface area contributed by atoms with E-state index in [9.17, 15) is 4.79 Å². The van der Waals surface area contributed by atoms with Gasteiger partial charge in [0.1, 0.15) is 15.8 Å². The molecule has 3 aromatic rings. The number of thiocarbonyl (C=S) groups is 1. The lowest BCUT2D eigenvalue weighted by atomic mass is 10.1. The van der Waals surface area contributed by atoms with Gasteiger partial charge in [-0.2, -0.15) is 5.26 Å². The maximum Gasteiger partial charge on any atom is 0.266 e. The fraction of sp³-hybridized carbons (Fsp3) is 0.0870. The lowest BCUT2D eigenvalue weighted by Crippen LogP contribution is -2.27. The highest BCUT2D eigenvalue weighted by molar-refractivity contribution is 8.26. The summed E-state index contributed by atoms with van der Waals surface area (Å²) in [6, 6.07) is 21.0. The van der Waals surface area contributed by atoms with Crippen molar-refractivity contribution in [1.82, 2.24) is 4.90 Å². The predicted molar refractivity (Wildman–Crippen MR) is 119 cm³/mol. The van der Waals surface area contributed by atoms with Crippen molar-refractivity contribution in [2.45, 2.75) is 13.5 Å². The van der Waals surface area contributed by atoms with Crippen molar-refractivity contribution in [3.05, 3.63) is 88.0 Å². The number of thioether (sulfide) groups is 1. The van der Waals surface area contributed by atoms with E-state index in [0.29, 0.717) is 32.9 Å². The third-order valence-electron chi connectivity index (χ3n) is 4.53. The average Bonchev–Trinajstić information content (AvgIpc) is 3.30. The Balaban J connectivity index is 1.52. The molecule has 0 bridgehead atoms. The topological polar surface area (TPSA) is 57.2 Å². The van der Waals surface area contributed by atoms with Gasteiger partial charge < -0.3 is 4.42 Å². The Hall–Kier alpha value is -3.14. The first kappa shape index (κ1) is 19.2. The molecule has 0 spiro atoms. The van der Waals surface area contributed by atoms with Crippen LogP contribution in [0.5, 0.6) is 0 Å². The standard InChI is InChI=1S/C23H16N2O2S2/c1-15-2-4-17(5-3-15)14-25-22(26)21(29-23(25)28)12-19-10-11-20(27-19)18-8-6-16(13-24)7-9-18/h2-12H,14H2,1H3. The molecule has 4 nitrogen and oxygen atoms in total. The zero-order valence-electron chi connectivity index (χ0n) is 15.6. The minimum absolute atomic E-state index is 0.114. The molecule has 0 aliphatic carbocycles. The van der Waals surface area contributed by atoms with Crippen LogP contribution >= 0.6 is 24.0 Å². The van der Waals surface area contributed by atoms with Crippen LogP contribution in [0.4, 0.5) is 0 Å². The Labute approximate surface area is 178 Å². The van der Waals surface area contributed by atoms with Gasteiger partial charge in [-0.25, -0.2) is 0 Å². The number of furan rings is 1. The molecular formula is C23H16N2O2S2. The maximum atomic E-state index is 12.8. The van der Waals surface area contributed by atoms with Crippen LogP contribution in [-0.4, -0.2) is 15.1 Å². The highest BCUT2D eigenvalue weighted by atomic mass is 32.2. The maximum absolute atomic E-state index is 12.8. The van der Waals surface area contributed by atoms with E-state index in [1.54, 1.807) is 23.1 Å². The molecule has 1 saturated heterocycles. The number of benzene rings is 2. The Kier molecular flexibility index (Phi) is 5.34. The van der Waals surface area contributed by atoms with Gasteiger partial charge in [-0.15, -0.1) is 0 Å². The Morgan fingerprint density at radius 1 is 1.10 bits per heavy atom. The molecule has 1 aromatic heterocycles. The normalized spacial score (nSPS) is 15.2. The summed E-state index contributed by atoms with van der Waals surface area (Å²) in [5, 5.41) is 8.91. The minimum atomic E-state index is -0.114. The number of hydrogen-bond acceptors (Lipinski definition) is 5. The summed E-state index contributed by atoms with van der Waals surface area (Å²) in [7, 11) is 0. The molecule has 1 aliphatic heterocycles. The van der Waals surface area contributed by atoms with E-state index in [2.05, 4.69) is 6.07 Å². The molecule has 0 N–H and O–H groups in total. The Morgan fingerprint density at radius 3 is 2.52 bits per heavy atom. The molecule has 1 aliphatic rings. The predicted octanol–water partition coefficient (Wildman–Crippen LogP) is 5.53. The molecule has 6 heteroatoms. The van der Waals surface area contributed by atoms with Crippen LogP contribution in [0.25, 0.3) is 17.4 Å². The molecule has 29 heavy (non-hydrogen) atoms. The quantitative estimate of drug-likeness (QED) is 0.413. The van der Waals surface area contributed by atoms with Crippen LogP contribution in [0, 0.1) is 18.3 Å². The Morgan fingerprint density at radius 2 is 1.83 bits per heavy atom. The van der Waals surface area contributed by atoms with Gasteiger partial charge in [-0.05, 0) is 48.9 Å². The molecule has 0 saturated carbocycles. The summed E-state index contributed by atoms with van der Waals surface area (Å²) in [6.45, 7) is 2.48. The summed E-state index contributed by atoms with van der Waals surface area (Å²) < 4.78 is 6.41. The molecule has 1 fully saturated rings. The number of hydrogen-bond donors (Lipinski definition) is 0. The summed E-state index contributed by atoms with van der Waals surface area (Å²) in [4.78, 5) is 15.0. The smallest absolute Gasteiger partial charge is 0.266 e. The molecule has 2 heterocycles. The van der Waals surface area contributed by atoms with E-state index >= 15 is 0 Å². The monoisotopic (exact) mass is 416 g/mol. The van der Waals surface area contributed by atoms with E-state index in [0.717, 1.165) is 11.1 Å². The summed E-state index contributed by atoms with van der Waals surface area (Å²) in [5.74, 6) is 1.15.